The second-order valence-corrected chi connectivity index (χ2v) is 7.70. The van der Waals surface area contributed by atoms with Crippen molar-refractivity contribution in [3.63, 3.8) is 0 Å². The van der Waals surface area contributed by atoms with Crippen LogP contribution in [0.5, 0.6) is 11.5 Å². The van der Waals surface area contributed by atoms with Crippen LogP contribution in [0.3, 0.4) is 0 Å². The standard InChI is InChI=1S/C26H28N2O3/c1-30-24-14-13-21(17-25(24)31-2)26(29)28(18-22-11-7-15-27-22)23-12-6-10-20(16-23)19-8-4-3-5-9-19/h3-6,8-10,12-14,16-17,22,27H,7,11,15,18H2,1-2H3/t22-/m0/s1. The van der Waals surface area contributed by atoms with Crippen molar-refractivity contribution < 1.29 is 14.3 Å². The maximum atomic E-state index is 13.7. The van der Waals surface area contributed by atoms with Crippen LogP contribution < -0.4 is 19.7 Å². The van der Waals surface area contributed by atoms with Crippen molar-refractivity contribution in [3.8, 4) is 22.6 Å². The zero-order valence-electron chi connectivity index (χ0n) is 18.0. The van der Waals surface area contributed by atoms with Crippen LogP contribution in [0.2, 0.25) is 0 Å². The highest BCUT2D eigenvalue weighted by molar-refractivity contribution is 6.06. The lowest BCUT2D eigenvalue weighted by atomic mass is 10.0. The first-order valence-corrected chi connectivity index (χ1v) is 10.6. The number of anilines is 1. The highest BCUT2D eigenvalue weighted by Crippen LogP contribution is 2.30. The molecule has 4 rings (SSSR count). The predicted octanol–water partition coefficient (Wildman–Crippen LogP) is 4.77. The van der Waals surface area contributed by atoms with E-state index in [1.54, 1.807) is 32.4 Å². The van der Waals surface area contributed by atoms with Crippen molar-refractivity contribution >= 4 is 11.6 Å². The van der Waals surface area contributed by atoms with Crippen LogP contribution in [0.1, 0.15) is 23.2 Å². The summed E-state index contributed by atoms with van der Waals surface area (Å²) in [7, 11) is 3.17. The number of carbonyl (C=O) groups is 1. The van der Waals surface area contributed by atoms with Gasteiger partial charge in [0.1, 0.15) is 0 Å². The Morgan fingerprint density at radius 2 is 1.71 bits per heavy atom. The lowest BCUT2D eigenvalue weighted by molar-refractivity contribution is 0.0984. The molecule has 1 N–H and O–H groups in total. The van der Waals surface area contributed by atoms with Crippen molar-refractivity contribution in [2.24, 2.45) is 0 Å². The fourth-order valence-electron chi connectivity index (χ4n) is 4.05. The van der Waals surface area contributed by atoms with E-state index < -0.39 is 0 Å². The van der Waals surface area contributed by atoms with Crippen molar-refractivity contribution in [2.75, 3.05) is 32.2 Å². The van der Waals surface area contributed by atoms with Gasteiger partial charge in [0.2, 0.25) is 0 Å². The van der Waals surface area contributed by atoms with Gasteiger partial charge in [0.05, 0.1) is 14.2 Å². The SMILES string of the molecule is COc1ccc(C(=O)N(C[C@@H]2CCCN2)c2cccc(-c3ccccc3)c2)cc1OC. The van der Waals surface area contributed by atoms with E-state index in [1.807, 2.05) is 35.2 Å². The first kappa shape index (κ1) is 20.9. The Kier molecular flexibility index (Phi) is 6.53. The lowest BCUT2D eigenvalue weighted by Gasteiger charge is -2.27. The van der Waals surface area contributed by atoms with E-state index >= 15 is 0 Å². The van der Waals surface area contributed by atoms with E-state index in [0.29, 0.717) is 23.6 Å². The Morgan fingerprint density at radius 3 is 2.42 bits per heavy atom. The van der Waals surface area contributed by atoms with Gasteiger partial charge in [-0.15, -0.1) is 0 Å². The van der Waals surface area contributed by atoms with Gasteiger partial charge in [-0.2, -0.15) is 0 Å². The van der Waals surface area contributed by atoms with Gasteiger partial charge in [-0.25, -0.2) is 0 Å². The normalized spacial score (nSPS) is 15.5. The van der Waals surface area contributed by atoms with Gasteiger partial charge >= 0.3 is 0 Å². The van der Waals surface area contributed by atoms with Crippen molar-refractivity contribution in [2.45, 2.75) is 18.9 Å². The molecule has 0 aliphatic carbocycles. The zero-order valence-corrected chi connectivity index (χ0v) is 18.0. The molecule has 1 atom stereocenters. The predicted molar refractivity (Wildman–Crippen MR) is 124 cm³/mol. The van der Waals surface area contributed by atoms with Crippen LogP contribution in [-0.4, -0.2) is 39.3 Å². The molecule has 160 valence electrons. The quantitative estimate of drug-likeness (QED) is 0.603. The molecule has 1 saturated heterocycles. The summed E-state index contributed by atoms with van der Waals surface area (Å²) in [5.41, 5.74) is 3.67. The van der Waals surface area contributed by atoms with Crippen molar-refractivity contribution in [3.05, 3.63) is 78.4 Å². The zero-order chi connectivity index (χ0) is 21.6. The molecule has 1 heterocycles. The van der Waals surface area contributed by atoms with Gasteiger partial charge in [0.25, 0.3) is 5.91 Å². The summed E-state index contributed by atoms with van der Waals surface area (Å²) in [6, 6.07) is 24.0. The molecule has 3 aromatic carbocycles. The van der Waals surface area contributed by atoms with E-state index in [1.165, 1.54) is 0 Å². The third kappa shape index (κ3) is 4.72. The van der Waals surface area contributed by atoms with Gasteiger partial charge in [-0.3, -0.25) is 4.79 Å². The van der Waals surface area contributed by atoms with Gasteiger partial charge < -0.3 is 19.7 Å². The molecule has 0 spiro atoms. The molecule has 5 heteroatoms. The second kappa shape index (κ2) is 9.67. The van der Waals surface area contributed by atoms with E-state index in [9.17, 15) is 4.79 Å². The molecule has 1 aliphatic heterocycles. The summed E-state index contributed by atoms with van der Waals surface area (Å²) >= 11 is 0. The molecule has 31 heavy (non-hydrogen) atoms. The summed E-state index contributed by atoms with van der Waals surface area (Å²) in [6.45, 7) is 1.61. The van der Waals surface area contributed by atoms with E-state index in [-0.39, 0.29) is 11.9 Å². The molecule has 5 nitrogen and oxygen atoms in total. The van der Waals surface area contributed by atoms with E-state index in [0.717, 1.165) is 36.2 Å². The third-order valence-electron chi connectivity index (χ3n) is 5.71. The minimum Gasteiger partial charge on any atom is -0.493 e. The number of benzene rings is 3. The average molecular weight is 417 g/mol. The third-order valence-corrected chi connectivity index (χ3v) is 5.71. The van der Waals surface area contributed by atoms with Crippen LogP contribution >= 0.6 is 0 Å². The molecule has 1 fully saturated rings. The molecule has 0 unspecified atom stereocenters. The van der Waals surface area contributed by atoms with Gasteiger partial charge in [0, 0.05) is 23.8 Å². The Morgan fingerprint density at radius 1 is 0.935 bits per heavy atom. The Bertz CT molecular complexity index is 1030. The number of ether oxygens (including phenoxy) is 2. The topological polar surface area (TPSA) is 50.8 Å². The van der Waals surface area contributed by atoms with Crippen LogP contribution in [0.4, 0.5) is 5.69 Å². The molecule has 0 saturated carbocycles. The summed E-state index contributed by atoms with van der Waals surface area (Å²) in [4.78, 5) is 15.5. The van der Waals surface area contributed by atoms with E-state index in [4.69, 9.17) is 9.47 Å². The number of hydrogen-bond donors (Lipinski definition) is 1. The largest absolute Gasteiger partial charge is 0.493 e. The number of amides is 1. The highest BCUT2D eigenvalue weighted by atomic mass is 16.5. The molecule has 3 aromatic rings. The highest BCUT2D eigenvalue weighted by Gasteiger charge is 2.25. The Balaban J connectivity index is 1.70. The Hall–Kier alpha value is -3.31. The minimum atomic E-state index is -0.0557. The molecule has 0 aromatic heterocycles. The molecule has 1 amide bonds. The number of carbonyl (C=O) groups excluding carboxylic acids is 1. The number of nitrogens with zero attached hydrogens (tertiary/aromatic N) is 1. The second-order valence-electron chi connectivity index (χ2n) is 7.70. The molecular formula is C26H28N2O3. The fraction of sp³-hybridized carbons (Fsp3) is 0.269. The van der Waals surface area contributed by atoms with E-state index in [2.05, 4.69) is 29.6 Å². The van der Waals surface area contributed by atoms with Gasteiger partial charge in [-0.05, 0) is 60.8 Å². The summed E-state index contributed by atoms with van der Waals surface area (Å²) in [6.07, 6.45) is 2.20. The Labute approximate surface area is 183 Å². The number of rotatable bonds is 7. The van der Waals surface area contributed by atoms with Crippen molar-refractivity contribution in [1.29, 1.82) is 0 Å². The van der Waals surface area contributed by atoms with Gasteiger partial charge in [0.15, 0.2) is 11.5 Å². The maximum absolute atomic E-state index is 13.7. The number of hydrogen-bond acceptors (Lipinski definition) is 4. The molecule has 0 bridgehead atoms. The van der Waals surface area contributed by atoms with Gasteiger partial charge in [-0.1, -0.05) is 42.5 Å². The van der Waals surface area contributed by atoms with Crippen LogP contribution in [-0.2, 0) is 0 Å². The smallest absolute Gasteiger partial charge is 0.258 e. The fourth-order valence-corrected chi connectivity index (χ4v) is 4.05. The molecule has 0 radical (unpaired) electrons. The summed E-state index contributed by atoms with van der Waals surface area (Å²) in [5.74, 6) is 1.10. The number of methoxy groups -OCH3 is 2. The number of nitrogens with one attached hydrogen (secondary N) is 1. The summed E-state index contributed by atoms with van der Waals surface area (Å²) in [5, 5.41) is 3.51. The maximum Gasteiger partial charge on any atom is 0.258 e. The first-order chi connectivity index (χ1) is 15.2. The van der Waals surface area contributed by atoms with Crippen LogP contribution in [0.25, 0.3) is 11.1 Å². The average Bonchev–Trinajstić information content (AvgIpc) is 3.35. The molecule has 1 aliphatic rings. The summed E-state index contributed by atoms with van der Waals surface area (Å²) < 4.78 is 10.7. The van der Waals surface area contributed by atoms with Crippen LogP contribution in [0.15, 0.2) is 72.8 Å². The molecular weight excluding hydrogens is 388 g/mol. The van der Waals surface area contributed by atoms with Crippen LogP contribution in [0, 0.1) is 0 Å². The van der Waals surface area contributed by atoms with Crippen molar-refractivity contribution in [1.82, 2.24) is 5.32 Å². The monoisotopic (exact) mass is 416 g/mol. The minimum absolute atomic E-state index is 0.0557. The first-order valence-electron chi connectivity index (χ1n) is 10.6. The lowest BCUT2D eigenvalue weighted by Crippen LogP contribution is -2.41.